The van der Waals surface area contributed by atoms with Crippen molar-refractivity contribution in [3.8, 4) is 22.6 Å². The third kappa shape index (κ3) is 5.00. The smallest absolute Gasteiger partial charge is 0.520 e. The summed E-state index contributed by atoms with van der Waals surface area (Å²) in [5.41, 5.74) is -7.86. The molecular formula is C24H2BF17O2. The van der Waals surface area contributed by atoms with Crippen molar-refractivity contribution in [1.29, 1.82) is 0 Å². The van der Waals surface area contributed by atoms with E-state index in [1.165, 1.54) is 0 Å². The molecule has 0 aliphatic heterocycles. The summed E-state index contributed by atoms with van der Waals surface area (Å²) in [4.78, 5) is 0. The molecule has 0 unspecified atom stereocenters. The van der Waals surface area contributed by atoms with Crippen molar-refractivity contribution in [3.05, 3.63) is 111 Å². The first kappa shape index (κ1) is 32.3. The average Bonchev–Trinajstić information content (AvgIpc) is 2.98. The fourth-order valence-corrected chi connectivity index (χ4v) is 3.61. The molecule has 4 rings (SSSR count). The van der Waals surface area contributed by atoms with Gasteiger partial charge in [-0.1, -0.05) is 0 Å². The molecule has 2 nitrogen and oxygen atoms in total. The van der Waals surface area contributed by atoms with Crippen LogP contribution in [0.2, 0.25) is 0 Å². The highest BCUT2D eigenvalue weighted by Gasteiger charge is 2.44. The number of hydrogen-bond acceptors (Lipinski definition) is 2. The third-order valence-electron chi connectivity index (χ3n) is 5.59. The van der Waals surface area contributed by atoms with E-state index in [1.807, 2.05) is 0 Å². The Labute approximate surface area is 231 Å². The van der Waals surface area contributed by atoms with Gasteiger partial charge in [0.1, 0.15) is 11.6 Å². The zero-order valence-electron chi connectivity index (χ0n) is 20.0. The van der Waals surface area contributed by atoms with Gasteiger partial charge in [-0.15, -0.1) is 0 Å². The minimum Gasteiger partial charge on any atom is -0.520 e. The molecule has 0 atom stereocenters. The van der Waals surface area contributed by atoms with Gasteiger partial charge in [-0.3, -0.25) is 0 Å². The van der Waals surface area contributed by atoms with Gasteiger partial charge < -0.3 is 9.31 Å². The van der Waals surface area contributed by atoms with Crippen molar-refractivity contribution in [2.24, 2.45) is 0 Å². The average molecular weight is 656 g/mol. The van der Waals surface area contributed by atoms with E-state index >= 15 is 8.78 Å². The molecular weight excluding hydrogens is 654 g/mol. The van der Waals surface area contributed by atoms with Crippen molar-refractivity contribution in [1.82, 2.24) is 0 Å². The minimum absolute atomic E-state index is 0.208. The fraction of sp³-hybridized carbons (Fsp3) is 0. The van der Waals surface area contributed by atoms with Gasteiger partial charge in [0.15, 0.2) is 63.9 Å². The van der Waals surface area contributed by atoms with Crippen molar-refractivity contribution < 1.29 is 83.9 Å². The Hall–Kier alpha value is -4.65. The van der Waals surface area contributed by atoms with Crippen LogP contribution in [0.4, 0.5) is 74.6 Å². The highest BCUT2D eigenvalue weighted by molar-refractivity contribution is 6.64. The molecule has 0 radical (unpaired) electrons. The van der Waals surface area contributed by atoms with Gasteiger partial charge in [0.05, 0.1) is 11.0 Å². The molecule has 0 aliphatic rings. The van der Waals surface area contributed by atoms with Crippen LogP contribution in [-0.2, 0) is 0 Å². The second-order valence-electron chi connectivity index (χ2n) is 8.16. The zero-order chi connectivity index (χ0) is 33.1. The highest BCUT2D eigenvalue weighted by atomic mass is 19.2. The lowest BCUT2D eigenvalue weighted by atomic mass is 9.72. The topological polar surface area (TPSA) is 18.5 Å². The van der Waals surface area contributed by atoms with Gasteiger partial charge in [0, 0.05) is 17.7 Å². The molecule has 20 heteroatoms. The van der Waals surface area contributed by atoms with E-state index in [0.29, 0.717) is 0 Å². The lowest BCUT2D eigenvalue weighted by molar-refractivity contribution is 0.330. The first-order valence-electron chi connectivity index (χ1n) is 10.8. The quantitative estimate of drug-likeness (QED) is 0.0924. The first-order valence-corrected chi connectivity index (χ1v) is 10.8. The molecule has 4 aromatic rings. The van der Waals surface area contributed by atoms with Crippen molar-refractivity contribution in [2.45, 2.75) is 0 Å². The Morgan fingerprint density at radius 1 is 0.364 bits per heavy atom. The maximum atomic E-state index is 15.2. The lowest BCUT2D eigenvalue weighted by Gasteiger charge is -2.22. The molecule has 0 fully saturated rings. The van der Waals surface area contributed by atoms with Crippen molar-refractivity contribution in [3.63, 3.8) is 0 Å². The summed E-state index contributed by atoms with van der Waals surface area (Å²) in [6.45, 7) is 0. The van der Waals surface area contributed by atoms with Gasteiger partial charge in [-0.05, 0) is 0 Å². The summed E-state index contributed by atoms with van der Waals surface area (Å²) in [7, 11) is -3.85. The summed E-state index contributed by atoms with van der Waals surface area (Å²) >= 11 is 0. The van der Waals surface area contributed by atoms with Crippen LogP contribution in [-0.4, -0.2) is 7.12 Å². The fourth-order valence-electron chi connectivity index (χ4n) is 3.61. The summed E-state index contributed by atoms with van der Waals surface area (Å²) in [6.07, 6.45) is 0. The van der Waals surface area contributed by atoms with E-state index in [2.05, 4.69) is 9.31 Å². The summed E-state index contributed by atoms with van der Waals surface area (Å²) in [5.74, 6) is -52.9. The second kappa shape index (κ2) is 11.5. The highest BCUT2D eigenvalue weighted by Crippen LogP contribution is 2.36. The van der Waals surface area contributed by atoms with Gasteiger partial charge in [-0.25, -0.2) is 61.5 Å². The van der Waals surface area contributed by atoms with Crippen LogP contribution in [0.25, 0.3) is 11.1 Å². The van der Waals surface area contributed by atoms with Crippen LogP contribution in [0.3, 0.4) is 0 Å². The number of halogens is 17. The molecule has 4 aromatic carbocycles. The molecule has 44 heavy (non-hydrogen) atoms. The van der Waals surface area contributed by atoms with Crippen LogP contribution in [0, 0.1) is 98.9 Å². The van der Waals surface area contributed by atoms with Crippen molar-refractivity contribution in [2.75, 3.05) is 0 Å². The first-order chi connectivity index (χ1) is 20.4. The largest absolute Gasteiger partial charge is 0.636 e. The molecule has 0 bridgehead atoms. The maximum absolute atomic E-state index is 15.2. The third-order valence-corrected chi connectivity index (χ3v) is 5.59. The van der Waals surface area contributed by atoms with Gasteiger partial charge in [0.2, 0.25) is 34.9 Å². The van der Waals surface area contributed by atoms with Crippen LogP contribution in [0.1, 0.15) is 0 Å². The van der Waals surface area contributed by atoms with Gasteiger partial charge >= 0.3 is 7.12 Å². The van der Waals surface area contributed by atoms with Crippen LogP contribution >= 0.6 is 0 Å². The van der Waals surface area contributed by atoms with Crippen LogP contribution < -0.4 is 14.8 Å². The lowest BCUT2D eigenvalue weighted by Crippen LogP contribution is -2.47. The minimum atomic E-state index is -3.85. The second-order valence-corrected chi connectivity index (χ2v) is 8.16. The van der Waals surface area contributed by atoms with Crippen LogP contribution in [0.15, 0.2) is 12.1 Å². The molecule has 0 saturated carbocycles. The molecule has 0 aromatic heterocycles. The Balaban J connectivity index is 2.17. The normalized spacial score (nSPS) is 11.3. The Kier molecular flexibility index (Phi) is 8.40. The summed E-state index contributed by atoms with van der Waals surface area (Å²) < 4.78 is 250. The standard InChI is InChI=1S/C24H2BF17O2/c26-3-1-4(27)9(28)5(2-3)43-25(44-24-22(41)20(39)19(38)21(40)23(24)42)8-6(10(29)14(33)17(36)13(8)32)7-11(30)15(34)18(37)16(35)12(7)31/h1-2H. The molecule has 0 heterocycles. The molecule has 0 spiro atoms. The monoisotopic (exact) mass is 656 g/mol. The van der Waals surface area contributed by atoms with Gasteiger partial charge in [0.25, 0.3) is 0 Å². The molecule has 0 N–H and O–H groups in total. The van der Waals surface area contributed by atoms with Crippen LogP contribution in [0.5, 0.6) is 11.5 Å². The molecule has 0 aliphatic carbocycles. The number of hydrogen-bond donors (Lipinski definition) is 0. The predicted octanol–water partition coefficient (Wildman–Crippen LogP) is 7.57. The zero-order valence-corrected chi connectivity index (χ0v) is 20.0. The Morgan fingerprint density at radius 3 is 1.23 bits per heavy atom. The SMILES string of the molecule is Fc1cc(F)c(F)c(OB(Oc2c(F)c(F)c(F)c(F)c2F)c2c(F)c(F)c(F)c(F)c2-c2c(F)c(F)c(F)c(F)c2F)c1. The summed E-state index contributed by atoms with van der Waals surface area (Å²) in [6, 6.07) is -0.431. The Bertz CT molecular complexity index is 1800. The van der Waals surface area contributed by atoms with E-state index in [9.17, 15) is 65.9 Å². The van der Waals surface area contributed by atoms with E-state index < -0.39 is 134 Å². The summed E-state index contributed by atoms with van der Waals surface area (Å²) in [5, 5.41) is 0. The molecule has 0 saturated heterocycles. The van der Waals surface area contributed by atoms with Crippen molar-refractivity contribution >= 4 is 12.6 Å². The maximum Gasteiger partial charge on any atom is 0.636 e. The van der Waals surface area contributed by atoms with Gasteiger partial charge in [-0.2, -0.15) is 13.2 Å². The predicted molar refractivity (Wildman–Crippen MR) is 111 cm³/mol. The number of benzene rings is 4. The molecule has 232 valence electrons. The van der Waals surface area contributed by atoms with E-state index in [0.717, 1.165) is 0 Å². The molecule has 0 amide bonds. The Morgan fingerprint density at radius 2 is 0.750 bits per heavy atom. The van der Waals surface area contributed by atoms with E-state index in [-0.39, 0.29) is 12.1 Å². The van der Waals surface area contributed by atoms with E-state index in [4.69, 9.17) is 0 Å². The number of rotatable bonds is 6. The van der Waals surface area contributed by atoms with E-state index in [1.54, 1.807) is 0 Å².